The van der Waals surface area contributed by atoms with Gasteiger partial charge in [-0.1, -0.05) is 0 Å². The summed E-state index contributed by atoms with van der Waals surface area (Å²) in [5, 5.41) is 0. The zero-order valence-corrected chi connectivity index (χ0v) is 29.1. The van der Waals surface area contributed by atoms with Gasteiger partial charge in [-0.3, -0.25) is 0 Å². The Morgan fingerprint density at radius 1 is 0.500 bits per heavy atom. The number of hydrogen-bond donors (Lipinski definition) is 0. The quantitative estimate of drug-likeness (QED) is 0.150. The molecule has 0 spiro atoms. The standard InChI is InChI=1S/C35H52N2.2ClH.Pd/c1-9-26(10-2)30-19-17-20-31(27(11-3)12-4)34(30)36-23-24-37(25-36)35-32(28(13-5)14-6)21-18-22-33(35)29(15-7)16-8;;;/h17-24,26-29H,9-16H2,1-8H3;2*1H;/p-2. The van der Waals surface area contributed by atoms with Gasteiger partial charge in [-0.2, -0.15) is 0 Å². The summed E-state index contributed by atoms with van der Waals surface area (Å²) in [6.45, 7) is 18.5. The van der Waals surface area contributed by atoms with Crippen LogP contribution in [0.3, 0.4) is 0 Å². The van der Waals surface area contributed by atoms with Crippen molar-refractivity contribution >= 4 is 19.1 Å². The van der Waals surface area contributed by atoms with Crippen LogP contribution in [-0.2, 0) is 14.3 Å². The Morgan fingerprint density at radius 3 is 0.950 bits per heavy atom. The second-order valence-electron chi connectivity index (χ2n) is 11.1. The van der Waals surface area contributed by atoms with Gasteiger partial charge in [0.2, 0.25) is 0 Å². The molecule has 0 saturated carbocycles. The molecule has 3 aromatic rings. The maximum absolute atomic E-state index is 7.09. The first kappa shape index (κ1) is 33.4. The van der Waals surface area contributed by atoms with Crippen LogP contribution in [-0.4, -0.2) is 9.13 Å². The van der Waals surface area contributed by atoms with E-state index < -0.39 is 14.3 Å². The van der Waals surface area contributed by atoms with Crippen molar-refractivity contribution in [3.05, 3.63) is 74.9 Å². The van der Waals surface area contributed by atoms with Gasteiger partial charge in [0.15, 0.2) is 0 Å². The van der Waals surface area contributed by atoms with E-state index in [2.05, 4.69) is 113 Å². The van der Waals surface area contributed by atoms with Crippen LogP contribution < -0.4 is 0 Å². The second kappa shape index (κ2) is 15.9. The van der Waals surface area contributed by atoms with E-state index in [4.69, 9.17) is 19.1 Å². The summed E-state index contributed by atoms with van der Waals surface area (Å²) in [6.07, 6.45) is 13.4. The maximum atomic E-state index is 7.09. The van der Waals surface area contributed by atoms with Crippen molar-refractivity contribution in [3.8, 4) is 11.4 Å². The Hall–Kier alpha value is -1.11. The van der Waals surface area contributed by atoms with Gasteiger partial charge in [0.1, 0.15) is 0 Å². The molecular formula is C35H52Cl2N2Pd-2. The van der Waals surface area contributed by atoms with Crippen LogP contribution in [0.4, 0.5) is 0 Å². The normalized spacial score (nSPS) is 12.4. The van der Waals surface area contributed by atoms with Gasteiger partial charge >= 0.3 is 259 Å². The van der Waals surface area contributed by atoms with E-state index in [0.29, 0.717) is 23.7 Å². The molecule has 0 aliphatic carbocycles. The third kappa shape index (κ3) is 6.75. The van der Waals surface area contributed by atoms with Gasteiger partial charge in [-0.05, 0) is 0 Å². The monoisotopic (exact) mass is 676 g/mol. The third-order valence-corrected chi connectivity index (χ3v) is 11.8. The number of hydrogen-bond acceptors (Lipinski definition) is 0. The van der Waals surface area contributed by atoms with E-state index in [1.165, 1.54) is 33.6 Å². The molecule has 3 rings (SSSR count). The molecule has 2 nitrogen and oxygen atoms in total. The first-order valence-corrected chi connectivity index (χ1v) is 20.5. The Bertz CT molecular complexity index is 1130. The van der Waals surface area contributed by atoms with Crippen molar-refractivity contribution in [3.63, 3.8) is 0 Å². The third-order valence-electron chi connectivity index (χ3n) is 9.22. The predicted octanol–water partition coefficient (Wildman–Crippen LogP) is 12.3. The molecule has 0 saturated heterocycles. The number of nitrogens with zero attached hydrogens (tertiary/aromatic N) is 2. The summed E-state index contributed by atoms with van der Waals surface area (Å²) in [5.74, 6) is 1.97. The first-order chi connectivity index (χ1) is 19.4. The van der Waals surface area contributed by atoms with E-state index in [0.717, 1.165) is 55.3 Å². The molecule has 0 aliphatic rings. The zero-order valence-electron chi connectivity index (χ0n) is 26.1. The SMILES string of the molecule is CCC(CC)c1cccc(C(CC)CC)c1-n1ccn(-c2c(C(CC)CC)cccc2C(CC)CC)[c]1=[Pd-2]([Cl])[Cl]. The minimum atomic E-state index is -2.05. The van der Waals surface area contributed by atoms with E-state index in [9.17, 15) is 0 Å². The average molecular weight is 678 g/mol. The molecule has 2 aromatic carbocycles. The fourth-order valence-electron chi connectivity index (χ4n) is 6.75. The van der Waals surface area contributed by atoms with Gasteiger partial charge in [0.25, 0.3) is 0 Å². The van der Waals surface area contributed by atoms with Crippen molar-refractivity contribution in [1.29, 1.82) is 0 Å². The molecule has 228 valence electrons. The number of aromatic nitrogens is 2. The molecule has 40 heavy (non-hydrogen) atoms. The number of imidazole rings is 1. The molecule has 1 heterocycles. The topological polar surface area (TPSA) is 9.86 Å². The Kier molecular flexibility index (Phi) is 13.3. The molecular weight excluding hydrogens is 626 g/mol. The summed E-state index contributed by atoms with van der Waals surface area (Å²) in [5.41, 5.74) is 8.32. The fourth-order valence-corrected chi connectivity index (χ4v) is 9.25. The predicted molar refractivity (Wildman–Crippen MR) is 173 cm³/mol. The molecule has 0 amide bonds. The van der Waals surface area contributed by atoms with Gasteiger partial charge in [0, 0.05) is 0 Å². The molecule has 0 bridgehead atoms. The van der Waals surface area contributed by atoms with E-state index in [-0.39, 0.29) is 0 Å². The second-order valence-corrected chi connectivity index (χ2v) is 16.1. The Morgan fingerprint density at radius 2 is 0.750 bits per heavy atom. The summed E-state index contributed by atoms with van der Waals surface area (Å²) >= 11 is -2.05. The fraction of sp³-hybridized carbons (Fsp3) is 0.571. The van der Waals surface area contributed by atoms with Crippen molar-refractivity contribution in [2.45, 2.75) is 130 Å². The van der Waals surface area contributed by atoms with Crippen LogP contribution >= 0.6 is 19.1 Å². The van der Waals surface area contributed by atoms with Crippen molar-refractivity contribution in [1.82, 2.24) is 9.13 Å². The number of benzene rings is 2. The molecule has 0 atom stereocenters. The van der Waals surface area contributed by atoms with Crippen molar-refractivity contribution < 1.29 is 14.3 Å². The molecule has 0 N–H and O–H groups in total. The van der Waals surface area contributed by atoms with Crippen LogP contribution in [0.5, 0.6) is 0 Å². The van der Waals surface area contributed by atoms with Gasteiger partial charge in [0.05, 0.1) is 0 Å². The summed E-state index contributed by atoms with van der Waals surface area (Å²) < 4.78 is 5.83. The first-order valence-electron chi connectivity index (χ1n) is 15.7. The number of para-hydroxylation sites is 2. The Balaban J connectivity index is 2.51. The average Bonchev–Trinajstić information content (AvgIpc) is 3.41. The zero-order chi connectivity index (χ0) is 29.4. The molecule has 5 heteroatoms. The van der Waals surface area contributed by atoms with Crippen LogP contribution in [0.2, 0.25) is 0 Å². The van der Waals surface area contributed by atoms with E-state index in [1.54, 1.807) is 0 Å². The van der Waals surface area contributed by atoms with Crippen LogP contribution in [0.1, 0.15) is 153 Å². The summed E-state index contributed by atoms with van der Waals surface area (Å²) in [6, 6.07) is 13.9. The number of rotatable bonds is 14. The van der Waals surface area contributed by atoms with Gasteiger partial charge < -0.3 is 0 Å². The minimum absolute atomic E-state index is 0.494. The van der Waals surface area contributed by atoms with E-state index >= 15 is 0 Å². The van der Waals surface area contributed by atoms with Gasteiger partial charge in [-0.15, -0.1) is 0 Å². The van der Waals surface area contributed by atoms with Crippen molar-refractivity contribution in [2.75, 3.05) is 0 Å². The molecule has 0 aliphatic heterocycles. The van der Waals surface area contributed by atoms with Crippen LogP contribution in [0.25, 0.3) is 11.4 Å². The molecule has 1 aromatic heterocycles. The molecule has 0 radical (unpaired) electrons. The Labute approximate surface area is 257 Å². The molecule has 0 unspecified atom stereocenters. The van der Waals surface area contributed by atoms with Gasteiger partial charge in [-0.25, -0.2) is 0 Å². The summed E-state index contributed by atoms with van der Waals surface area (Å²) in [7, 11) is 14.2. The van der Waals surface area contributed by atoms with E-state index in [1.807, 2.05) is 0 Å². The summed E-state index contributed by atoms with van der Waals surface area (Å²) in [4.78, 5) is 0. The van der Waals surface area contributed by atoms with Crippen LogP contribution in [0.15, 0.2) is 48.8 Å². The van der Waals surface area contributed by atoms with Crippen molar-refractivity contribution in [2.24, 2.45) is 0 Å². The molecule has 0 fully saturated rings. The van der Waals surface area contributed by atoms with Crippen LogP contribution in [0, 0.1) is 3.89 Å². The number of halogens is 2.